The van der Waals surface area contributed by atoms with Crippen molar-refractivity contribution in [2.75, 3.05) is 32.8 Å². The summed E-state index contributed by atoms with van der Waals surface area (Å²) in [5.74, 6) is 0.938. The highest BCUT2D eigenvalue weighted by atomic mass is 16.5. The molecule has 2 heteroatoms. The van der Waals surface area contributed by atoms with Crippen LogP contribution in [0, 0.1) is 5.92 Å². The molecule has 13 heavy (non-hydrogen) atoms. The van der Waals surface area contributed by atoms with Crippen molar-refractivity contribution in [3.63, 3.8) is 0 Å². The summed E-state index contributed by atoms with van der Waals surface area (Å²) in [4.78, 5) is 2.52. The lowest BCUT2D eigenvalue weighted by Gasteiger charge is -2.29. The first-order chi connectivity index (χ1) is 6.33. The molecular weight excluding hydrogens is 162 g/mol. The summed E-state index contributed by atoms with van der Waals surface area (Å²) in [5.41, 5.74) is 0. The summed E-state index contributed by atoms with van der Waals surface area (Å²) >= 11 is 0. The first-order valence-corrected chi connectivity index (χ1v) is 5.63. The maximum absolute atomic E-state index is 5.47. The third-order valence-electron chi connectivity index (χ3n) is 2.78. The van der Waals surface area contributed by atoms with Gasteiger partial charge in [0, 0.05) is 13.2 Å². The molecule has 0 spiro atoms. The Labute approximate surface area is 82.3 Å². The van der Waals surface area contributed by atoms with Crippen LogP contribution >= 0.6 is 0 Å². The Kier molecular flexibility index (Phi) is 5.40. The second kappa shape index (κ2) is 6.39. The number of nitrogens with zero attached hydrogens (tertiary/aromatic N) is 1. The lowest BCUT2D eigenvalue weighted by Crippen LogP contribution is -2.35. The fraction of sp³-hybridized carbons (Fsp3) is 1.00. The summed E-state index contributed by atoms with van der Waals surface area (Å²) in [6.45, 7) is 10.0. The van der Waals surface area contributed by atoms with E-state index in [1.807, 2.05) is 0 Å². The van der Waals surface area contributed by atoms with Gasteiger partial charge in [-0.3, -0.25) is 0 Å². The Hall–Kier alpha value is -0.0800. The van der Waals surface area contributed by atoms with Crippen LogP contribution in [0.2, 0.25) is 0 Å². The average molecular weight is 185 g/mol. The molecule has 1 saturated heterocycles. The summed E-state index contributed by atoms with van der Waals surface area (Å²) in [6, 6.07) is 0. The zero-order valence-corrected chi connectivity index (χ0v) is 9.09. The third kappa shape index (κ3) is 4.63. The summed E-state index contributed by atoms with van der Waals surface area (Å²) in [5, 5.41) is 0. The van der Waals surface area contributed by atoms with Crippen LogP contribution in [0.25, 0.3) is 0 Å². The van der Waals surface area contributed by atoms with E-state index in [0.29, 0.717) is 0 Å². The SMILES string of the molecule is CCCOCCN1CCC(C)CC1. The average Bonchev–Trinajstić information content (AvgIpc) is 2.15. The van der Waals surface area contributed by atoms with Crippen molar-refractivity contribution in [1.82, 2.24) is 4.90 Å². The van der Waals surface area contributed by atoms with Crippen molar-refractivity contribution < 1.29 is 4.74 Å². The number of piperidine rings is 1. The quantitative estimate of drug-likeness (QED) is 0.608. The number of hydrogen-bond acceptors (Lipinski definition) is 2. The maximum Gasteiger partial charge on any atom is 0.0593 e. The van der Waals surface area contributed by atoms with Gasteiger partial charge in [0.25, 0.3) is 0 Å². The summed E-state index contributed by atoms with van der Waals surface area (Å²) in [6.07, 6.45) is 3.87. The molecule has 1 heterocycles. The van der Waals surface area contributed by atoms with E-state index < -0.39 is 0 Å². The van der Waals surface area contributed by atoms with Crippen molar-refractivity contribution in [3.8, 4) is 0 Å². The number of rotatable bonds is 5. The van der Waals surface area contributed by atoms with Crippen LogP contribution in [0.3, 0.4) is 0 Å². The monoisotopic (exact) mass is 185 g/mol. The maximum atomic E-state index is 5.47. The Morgan fingerprint density at radius 1 is 1.23 bits per heavy atom. The predicted octanol–water partition coefficient (Wildman–Crippen LogP) is 2.14. The van der Waals surface area contributed by atoms with Gasteiger partial charge in [0.15, 0.2) is 0 Å². The molecule has 0 saturated carbocycles. The Bertz CT molecular complexity index is 119. The highest BCUT2D eigenvalue weighted by molar-refractivity contribution is 4.68. The molecule has 0 aromatic heterocycles. The van der Waals surface area contributed by atoms with E-state index in [1.165, 1.54) is 25.9 Å². The standard InChI is InChI=1S/C11H23NO/c1-3-9-13-10-8-12-6-4-11(2)5-7-12/h11H,3-10H2,1-2H3. The topological polar surface area (TPSA) is 12.5 Å². The van der Waals surface area contributed by atoms with Crippen molar-refractivity contribution >= 4 is 0 Å². The van der Waals surface area contributed by atoms with Gasteiger partial charge in [-0.05, 0) is 38.3 Å². The normalized spacial score (nSPS) is 20.8. The van der Waals surface area contributed by atoms with Crippen molar-refractivity contribution in [2.45, 2.75) is 33.1 Å². The van der Waals surface area contributed by atoms with Crippen LogP contribution in [-0.4, -0.2) is 37.7 Å². The van der Waals surface area contributed by atoms with E-state index in [0.717, 1.165) is 32.1 Å². The molecule has 0 aliphatic carbocycles. The van der Waals surface area contributed by atoms with Crippen LogP contribution < -0.4 is 0 Å². The molecule has 1 rings (SSSR count). The molecule has 1 fully saturated rings. The van der Waals surface area contributed by atoms with Crippen LogP contribution in [0.15, 0.2) is 0 Å². The second-order valence-corrected chi connectivity index (χ2v) is 4.14. The molecular formula is C11H23NO. The van der Waals surface area contributed by atoms with Crippen LogP contribution in [0.1, 0.15) is 33.1 Å². The van der Waals surface area contributed by atoms with Gasteiger partial charge in [0.1, 0.15) is 0 Å². The van der Waals surface area contributed by atoms with Crippen molar-refractivity contribution in [3.05, 3.63) is 0 Å². The second-order valence-electron chi connectivity index (χ2n) is 4.14. The number of hydrogen-bond donors (Lipinski definition) is 0. The van der Waals surface area contributed by atoms with E-state index in [1.54, 1.807) is 0 Å². The first kappa shape index (κ1) is 11.0. The molecule has 0 unspecified atom stereocenters. The zero-order valence-electron chi connectivity index (χ0n) is 9.09. The van der Waals surface area contributed by atoms with E-state index in [2.05, 4.69) is 18.7 Å². The molecule has 0 aromatic rings. The minimum Gasteiger partial charge on any atom is -0.380 e. The highest BCUT2D eigenvalue weighted by Gasteiger charge is 2.14. The Morgan fingerprint density at radius 2 is 1.92 bits per heavy atom. The number of likely N-dealkylation sites (tertiary alicyclic amines) is 1. The van der Waals surface area contributed by atoms with E-state index in [4.69, 9.17) is 4.74 Å². The minimum absolute atomic E-state index is 0.919. The Morgan fingerprint density at radius 3 is 2.54 bits per heavy atom. The molecule has 1 aliphatic heterocycles. The van der Waals surface area contributed by atoms with Gasteiger partial charge in [-0.25, -0.2) is 0 Å². The van der Waals surface area contributed by atoms with Gasteiger partial charge in [0.05, 0.1) is 6.61 Å². The van der Waals surface area contributed by atoms with E-state index in [-0.39, 0.29) is 0 Å². The lowest BCUT2D eigenvalue weighted by molar-refractivity contribution is 0.0904. The van der Waals surface area contributed by atoms with Crippen LogP contribution in [0.4, 0.5) is 0 Å². The molecule has 0 bridgehead atoms. The van der Waals surface area contributed by atoms with Gasteiger partial charge in [0.2, 0.25) is 0 Å². The Balaban J connectivity index is 1.96. The molecule has 0 N–H and O–H groups in total. The molecule has 1 aliphatic rings. The first-order valence-electron chi connectivity index (χ1n) is 5.63. The van der Waals surface area contributed by atoms with Gasteiger partial charge in [-0.1, -0.05) is 13.8 Å². The molecule has 0 radical (unpaired) electrons. The zero-order chi connectivity index (χ0) is 9.52. The van der Waals surface area contributed by atoms with Gasteiger partial charge >= 0.3 is 0 Å². The fourth-order valence-corrected chi connectivity index (χ4v) is 1.73. The van der Waals surface area contributed by atoms with Gasteiger partial charge < -0.3 is 9.64 Å². The molecule has 0 amide bonds. The smallest absolute Gasteiger partial charge is 0.0593 e. The number of ether oxygens (including phenoxy) is 1. The summed E-state index contributed by atoms with van der Waals surface area (Å²) in [7, 11) is 0. The largest absolute Gasteiger partial charge is 0.380 e. The molecule has 2 nitrogen and oxygen atoms in total. The van der Waals surface area contributed by atoms with Gasteiger partial charge in [-0.2, -0.15) is 0 Å². The molecule has 0 atom stereocenters. The van der Waals surface area contributed by atoms with Crippen molar-refractivity contribution in [2.24, 2.45) is 5.92 Å². The predicted molar refractivity (Wildman–Crippen MR) is 55.9 cm³/mol. The fourth-order valence-electron chi connectivity index (χ4n) is 1.73. The van der Waals surface area contributed by atoms with Crippen LogP contribution in [0.5, 0.6) is 0 Å². The highest BCUT2D eigenvalue weighted by Crippen LogP contribution is 2.15. The minimum atomic E-state index is 0.919. The summed E-state index contributed by atoms with van der Waals surface area (Å²) < 4.78 is 5.47. The molecule has 78 valence electrons. The van der Waals surface area contributed by atoms with Crippen LogP contribution in [-0.2, 0) is 4.74 Å². The molecule has 0 aromatic carbocycles. The van der Waals surface area contributed by atoms with E-state index >= 15 is 0 Å². The van der Waals surface area contributed by atoms with Gasteiger partial charge in [-0.15, -0.1) is 0 Å². The van der Waals surface area contributed by atoms with E-state index in [9.17, 15) is 0 Å². The van der Waals surface area contributed by atoms with Crippen molar-refractivity contribution in [1.29, 1.82) is 0 Å². The third-order valence-corrected chi connectivity index (χ3v) is 2.78. The lowest BCUT2D eigenvalue weighted by atomic mass is 9.99.